The van der Waals surface area contributed by atoms with Crippen LogP contribution in [0.25, 0.3) is 0 Å². The van der Waals surface area contributed by atoms with Gasteiger partial charge in [-0.15, -0.1) is 0 Å². The van der Waals surface area contributed by atoms with Crippen molar-refractivity contribution in [2.24, 2.45) is 0 Å². The van der Waals surface area contributed by atoms with E-state index >= 15 is 0 Å². The summed E-state index contributed by atoms with van der Waals surface area (Å²) in [5, 5.41) is 23.9. The third-order valence-corrected chi connectivity index (χ3v) is 5.83. The molecule has 1 heterocycles. The highest BCUT2D eigenvalue weighted by atomic mass is 19.1. The standard InChI is InChI=1S/C25H21FN4O6/c1-12-8-13(2-6-17(12)26)11-27-22(31)19-10-20(29-21(28-19)25(35)36)23(32)30-18-7-4-14-9-15(24(33)34)3-5-16(14)18/h2-3,5-6,8-10,18H,4,7,11H2,1H3,(H,27,31)(H,30,32)(H,33,34)(H,35,36)/t18-/m0/s1. The fourth-order valence-corrected chi connectivity index (χ4v) is 4.00. The van der Waals surface area contributed by atoms with Gasteiger partial charge in [0.2, 0.25) is 5.82 Å². The van der Waals surface area contributed by atoms with Gasteiger partial charge in [-0.1, -0.05) is 18.2 Å². The van der Waals surface area contributed by atoms with Crippen molar-refractivity contribution < 1.29 is 33.8 Å². The number of carbonyl (C=O) groups excluding carboxylic acids is 2. The predicted octanol–water partition coefficient (Wildman–Crippen LogP) is 2.67. The number of carbonyl (C=O) groups is 4. The van der Waals surface area contributed by atoms with Gasteiger partial charge in [0.05, 0.1) is 11.6 Å². The van der Waals surface area contributed by atoms with Crippen molar-refractivity contribution in [2.75, 3.05) is 0 Å². The molecule has 4 N–H and O–H groups in total. The number of carboxylic acid groups (broad SMARTS) is 2. The summed E-state index contributed by atoms with van der Waals surface area (Å²) in [4.78, 5) is 55.8. The van der Waals surface area contributed by atoms with Crippen molar-refractivity contribution in [3.63, 3.8) is 0 Å². The molecule has 0 radical (unpaired) electrons. The highest BCUT2D eigenvalue weighted by Gasteiger charge is 2.27. The summed E-state index contributed by atoms with van der Waals surface area (Å²) in [6, 6.07) is 9.64. The second kappa shape index (κ2) is 9.90. The Morgan fingerprint density at radius 1 is 0.972 bits per heavy atom. The lowest BCUT2D eigenvalue weighted by Crippen LogP contribution is -2.30. The van der Waals surface area contributed by atoms with E-state index in [4.69, 9.17) is 5.11 Å². The number of aryl methyl sites for hydroxylation is 2. The molecule has 0 bridgehead atoms. The maximum Gasteiger partial charge on any atom is 0.373 e. The van der Waals surface area contributed by atoms with E-state index in [1.54, 1.807) is 25.1 Å². The first-order chi connectivity index (χ1) is 17.1. The molecule has 0 spiro atoms. The fraction of sp³-hybridized carbons (Fsp3) is 0.200. The number of hydrogen-bond donors (Lipinski definition) is 4. The summed E-state index contributed by atoms with van der Waals surface area (Å²) in [6.45, 7) is 1.62. The van der Waals surface area contributed by atoms with Crippen molar-refractivity contribution in [3.05, 3.63) is 93.3 Å². The molecule has 4 rings (SSSR count). The van der Waals surface area contributed by atoms with E-state index in [0.29, 0.717) is 24.0 Å². The molecule has 1 aromatic heterocycles. The minimum Gasteiger partial charge on any atom is -0.478 e. The Morgan fingerprint density at radius 3 is 2.36 bits per heavy atom. The summed E-state index contributed by atoms with van der Waals surface area (Å²) in [6.07, 6.45) is 1.08. The molecule has 3 aromatic rings. The van der Waals surface area contributed by atoms with Gasteiger partial charge in [0.25, 0.3) is 11.8 Å². The van der Waals surface area contributed by atoms with Gasteiger partial charge >= 0.3 is 11.9 Å². The van der Waals surface area contributed by atoms with Crippen LogP contribution in [-0.4, -0.2) is 43.9 Å². The molecule has 184 valence electrons. The number of nitrogens with one attached hydrogen (secondary N) is 2. The number of nitrogens with zero attached hydrogens (tertiary/aromatic N) is 2. The second-order valence-electron chi connectivity index (χ2n) is 8.32. The van der Waals surface area contributed by atoms with Crippen LogP contribution in [-0.2, 0) is 13.0 Å². The van der Waals surface area contributed by atoms with Gasteiger partial charge in [0.1, 0.15) is 17.2 Å². The van der Waals surface area contributed by atoms with Crippen molar-refractivity contribution >= 4 is 23.8 Å². The molecule has 1 atom stereocenters. The zero-order chi connectivity index (χ0) is 26.0. The Labute approximate surface area is 204 Å². The Kier molecular flexibility index (Phi) is 6.73. The average molecular weight is 492 g/mol. The molecule has 1 aliphatic rings. The van der Waals surface area contributed by atoms with E-state index in [1.165, 1.54) is 18.2 Å². The summed E-state index contributed by atoms with van der Waals surface area (Å²) in [7, 11) is 0. The Balaban J connectivity index is 1.52. The largest absolute Gasteiger partial charge is 0.478 e. The maximum atomic E-state index is 13.5. The van der Waals surface area contributed by atoms with Gasteiger partial charge < -0.3 is 20.8 Å². The quantitative estimate of drug-likeness (QED) is 0.392. The van der Waals surface area contributed by atoms with Crippen LogP contribution in [0.4, 0.5) is 4.39 Å². The minimum absolute atomic E-state index is 0.0328. The van der Waals surface area contributed by atoms with Crippen LogP contribution in [0, 0.1) is 12.7 Å². The normalized spacial score (nSPS) is 14.1. The van der Waals surface area contributed by atoms with Crippen LogP contribution in [0.2, 0.25) is 0 Å². The van der Waals surface area contributed by atoms with E-state index in [-0.39, 0.29) is 29.3 Å². The molecular formula is C25H21FN4O6. The van der Waals surface area contributed by atoms with Crippen LogP contribution >= 0.6 is 0 Å². The van der Waals surface area contributed by atoms with Gasteiger partial charge in [-0.3, -0.25) is 9.59 Å². The smallest absolute Gasteiger partial charge is 0.373 e. The molecule has 11 heteroatoms. The van der Waals surface area contributed by atoms with E-state index in [0.717, 1.165) is 17.2 Å². The van der Waals surface area contributed by atoms with E-state index in [9.17, 15) is 28.7 Å². The first-order valence-corrected chi connectivity index (χ1v) is 10.9. The molecule has 0 unspecified atom stereocenters. The lowest BCUT2D eigenvalue weighted by molar-refractivity contribution is 0.0676. The zero-order valence-corrected chi connectivity index (χ0v) is 19.0. The van der Waals surface area contributed by atoms with Crippen molar-refractivity contribution in [1.82, 2.24) is 20.6 Å². The summed E-state index contributed by atoms with van der Waals surface area (Å²) >= 11 is 0. The van der Waals surface area contributed by atoms with Crippen molar-refractivity contribution in [1.29, 1.82) is 0 Å². The van der Waals surface area contributed by atoms with Gasteiger partial charge in [0, 0.05) is 12.6 Å². The first-order valence-electron chi connectivity index (χ1n) is 10.9. The molecule has 0 saturated heterocycles. The van der Waals surface area contributed by atoms with Gasteiger partial charge in [-0.05, 0) is 60.2 Å². The summed E-state index contributed by atoms with van der Waals surface area (Å²) < 4.78 is 13.5. The molecular weight excluding hydrogens is 471 g/mol. The molecule has 2 aromatic carbocycles. The number of amides is 2. The van der Waals surface area contributed by atoms with Crippen LogP contribution in [0.3, 0.4) is 0 Å². The highest BCUT2D eigenvalue weighted by Crippen LogP contribution is 2.32. The Morgan fingerprint density at radius 2 is 1.69 bits per heavy atom. The van der Waals surface area contributed by atoms with Crippen molar-refractivity contribution in [3.8, 4) is 0 Å². The number of halogens is 1. The number of aromatic carboxylic acids is 2. The molecule has 0 saturated carbocycles. The summed E-state index contributed by atoms with van der Waals surface area (Å²) in [5.41, 5.74) is 2.11. The van der Waals surface area contributed by atoms with E-state index in [2.05, 4.69) is 20.6 Å². The van der Waals surface area contributed by atoms with Crippen LogP contribution < -0.4 is 10.6 Å². The average Bonchev–Trinajstić information content (AvgIpc) is 3.26. The lowest BCUT2D eigenvalue weighted by atomic mass is 10.0. The fourth-order valence-electron chi connectivity index (χ4n) is 4.00. The van der Waals surface area contributed by atoms with Crippen LogP contribution in [0.5, 0.6) is 0 Å². The van der Waals surface area contributed by atoms with Gasteiger partial charge in [-0.25, -0.2) is 23.9 Å². The number of carboxylic acids is 2. The Hall–Kier alpha value is -4.67. The van der Waals surface area contributed by atoms with Crippen LogP contribution in [0.1, 0.15) is 76.7 Å². The first kappa shape index (κ1) is 24.5. The predicted molar refractivity (Wildman–Crippen MR) is 123 cm³/mol. The zero-order valence-electron chi connectivity index (χ0n) is 19.0. The Bertz CT molecular complexity index is 1410. The molecule has 0 aliphatic heterocycles. The van der Waals surface area contributed by atoms with E-state index < -0.39 is 35.6 Å². The van der Waals surface area contributed by atoms with Crippen LogP contribution in [0.15, 0.2) is 42.5 Å². The molecule has 2 amide bonds. The lowest BCUT2D eigenvalue weighted by Gasteiger charge is -2.14. The number of hydrogen-bond acceptors (Lipinski definition) is 6. The molecule has 10 nitrogen and oxygen atoms in total. The number of aromatic nitrogens is 2. The third-order valence-electron chi connectivity index (χ3n) is 5.83. The number of fused-ring (bicyclic) bond motifs is 1. The minimum atomic E-state index is -1.51. The summed E-state index contributed by atoms with van der Waals surface area (Å²) in [5.74, 6) is -5.10. The number of rotatable bonds is 7. The third kappa shape index (κ3) is 5.19. The van der Waals surface area contributed by atoms with Gasteiger partial charge in [-0.2, -0.15) is 0 Å². The SMILES string of the molecule is Cc1cc(CNC(=O)c2cc(C(=O)N[C@H]3CCc4cc(C(=O)O)ccc43)nc(C(=O)O)n2)ccc1F. The molecule has 36 heavy (non-hydrogen) atoms. The number of benzene rings is 2. The van der Waals surface area contributed by atoms with Gasteiger partial charge in [0.15, 0.2) is 0 Å². The molecule has 1 aliphatic carbocycles. The monoisotopic (exact) mass is 492 g/mol. The van der Waals surface area contributed by atoms with E-state index in [1.807, 2.05) is 0 Å². The topological polar surface area (TPSA) is 159 Å². The maximum absolute atomic E-state index is 13.5. The van der Waals surface area contributed by atoms with Crippen molar-refractivity contribution in [2.45, 2.75) is 32.4 Å². The molecule has 0 fully saturated rings. The second-order valence-corrected chi connectivity index (χ2v) is 8.32. The highest BCUT2D eigenvalue weighted by molar-refractivity contribution is 5.99.